The molecule has 1 heterocycles. The van der Waals surface area contributed by atoms with Crippen molar-refractivity contribution in [1.29, 1.82) is 0 Å². The van der Waals surface area contributed by atoms with Crippen LogP contribution >= 0.6 is 11.3 Å². The van der Waals surface area contributed by atoms with Gasteiger partial charge >= 0.3 is 5.97 Å². The molecule has 0 bridgehead atoms. The van der Waals surface area contributed by atoms with Gasteiger partial charge in [-0.2, -0.15) is 0 Å². The molecule has 0 radical (unpaired) electrons. The van der Waals surface area contributed by atoms with Crippen molar-refractivity contribution in [1.82, 2.24) is 0 Å². The Morgan fingerprint density at radius 1 is 0.806 bits per heavy atom. The number of thiophene rings is 1. The lowest BCUT2D eigenvalue weighted by molar-refractivity contribution is 0.0604. The molecule has 0 fully saturated rings. The lowest BCUT2D eigenvalue weighted by atomic mass is 10.0. The average molecular weight is 443 g/mol. The Balaban J connectivity index is 2.22. The second-order valence-electron chi connectivity index (χ2n) is 8.12. The molecule has 0 N–H and O–H groups in total. The SMILES string of the molecule is COC(=O)c1c(-c2ccc(OC(C)C)cc2)sc2cc(OC(C)C)cc(OC(C)C)c12. The van der Waals surface area contributed by atoms with Gasteiger partial charge in [0.25, 0.3) is 0 Å². The van der Waals surface area contributed by atoms with Crippen LogP contribution in [-0.2, 0) is 4.74 Å². The Bertz CT molecular complexity index is 1050. The number of esters is 1. The summed E-state index contributed by atoms with van der Waals surface area (Å²) in [6, 6.07) is 11.6. The molecule has 0 spiro atoms. The van der Waals surface area contributed by atoms with Crippen LogP contribution in [0.5, 0.6) is 17.2 Å². The van der Waals surface area contributed by atoms with E-state index in [4.69, 9.17) is 18.9 Å². The number of hydrogen-bond donors (Lipinski definition) is 0. The van der Waals surface area contributed by atoms with Crippen LogP contribution in [0, 0.1) is 0 Å². The lowest BCUT2D eigenvalue weighted by Gasteiger charge is -2.15. The fraction of sp³-hybridized carbons (Fsp3) is 0.400. The number of rotatable bonds is 8. The zero-order valence-corrected chi connectivity index (χ0v) is 20.0. The minimum absolute atomic E-state index is 0.0253. The minimum atomic E-state index is -0.394. The van der Waals surface area contributed by atoms with Crippen LogP contribution in [0.15, 0.2) is 36.4 Å². The molecule has 0 atom stereocenters. The molecule has 166 valence electrons. The summed E-state index contributed by atoms with van der Waals surface area (Å²) < 4.78 is 23.8. The standard InChI is InChI=1S/C25H30O5S/c1-14(2)28-18-10-8-17(9-11-18)24-23(25(26)27-7)22-20(30-16(5)6)12-19(29-15(3)4)13-21(22)31-24/h8-16H,1-7H3. The normalized spacial score (nSPS) is 11.4. The first-order valence-corrected chi connectivity index (χ1v) is 11.3. The Morgan fingerprint density at radius 3 is 1.94 bits per heavy atom. The molecule has 0 saturated carbocycles. The summed E-state index contributed by atoms with van der Waals surface area (Å²) in [5.74, 6) is 1.72. The summed E-state index contributed by atoms with van der Waals surface area (Å²) in [5.41, 5.74) is 1.42. The van der Waals surface area contributed by atoms with E-state index in [1.807, 2.05) is 77.9 Å². The van der Waals surface area contributed by atoms with Gasteiger partial charge in [-0.3, -0.25) is 0 Å². The second-order valence-corrected chi connectivity index (χ2v) is 9.17. The van der Waals surface area contributed by atoms with Gasteiger partial charge in [-0.1, -0.05) is 0 Å². The highest BCUT2D eigenvalue weighted by atomic mass is 32.1. The maximum atomic E-state index is 12.9. The zero-order chi connectivity index (χ0) is 22.7. The Kier molecular flexibility index (Phi) is 7.11. The van der Waals surface area contributed by atoms with Crippen molar-refractivity contribution >= 4 is 27.4 Å². The molecule has 0 aliphatic heterocycles. The minimum Gasteiger partial charge on any atom is -0.491 e. The van der Waals surface area contributed by atoms with E-state index in [1.165, 1.54) is 18.4 Å². The molecule has 0 unspecified atom stereocenters. The third-order valence-electron chi connectivity index (χ3n) is 4.34. The van der Waals surface area contributed by atoms with Gasteiger partial charge in [-0.05, 0) is 77.4 Å². The maximum absolute atomic E-state index is 12.9. The third kappa shape index (κ3) is 5.31. The summed E-state index contributed by atoms with van der Waals surface area (Å²) in [4.78, 5) is 13.7. The van der Waals surface area contributed by atoms with Crippen LogP contribution in [0.25, 0.3) is 20.5 Å². The fourth-order valence-electron chi connectivity index (χ4n) is 3.31. The maximum Gasteiger partial charge on any atom is 0.340 e. The van der Waals surface area contributed by atoms with E-state index in [0.29, 0.717) is 17.1 Å². The number of ether oxygens (including phenoxy) is 4. The molecule has 0 aliphatic rings. The predicted octanol–water partition coefficient (Wildman–Crippen LogP) is 6.72. The number of benzene rings is 2. The van der Waals surface area contributed by atoms with Crippen LogP contribution in [-0.4, -0.2) is 31.4 Å². The van der Waals surface area contributed by atoms with E-state index in [9.17, 15) is 4.79 Å². The first-order chi connectivity index (χ1) is 14.7. The van der Waals surface area contributed by atoms with Crippen molar-refractivity contribution in [3.05, 3.63) is 42.0 Å². The van der Waals surface area contributed by atoms with Gasteiger partial charge in [0.15, 0.2) is 0 Å². The van der Waals surface area contributed by atoms with E-state index in [2.05, 4.69) is 0 Å². The summed E-state index contributed by atoms with van der Waals surface area (Å²) in [6.07, 6.45) is 0.0621. The van der Waals surface area contributed by atoms with E-state index >= 15 is 0 Å². The monoisotopic (exact) mass is 442 g/mol. The van der Waals surface area contributed by atoms with Crippen molar-refractivity contribution in [2.75, 3.05) is 7.11 Å². The lowest BCUT2D eigenvalue weighted by Crippen LogP contribution is -2.09. The van der Waals surface area contributed by atoms with Crippen LogP contribution in [0.2, 0.25) is 0 Å². The first kappa shape index (κ1) is 22.9. The molecular weight excluding hydrogens is 412 g/mol. The van der Waals surface area contributed by atoms with E-state index in [1.54, 1.807) is 0 Å². The van der Waals surface area contributed by atoms with E-state index < -0.39 is 5.97 Å². The molecule has 3 rings (SSSR count). The molecule has 3 aromatic rings. The van der Waals surface area contributed by atoms with Crippen molar-refractivity contribution in [3.8, 4) is 27.7 Å². The van der Waals surface area contributed by atoms with Crippen LogP contribution < -0.4 is 14.2 Å². The molecule has 1 aromatic heterocycles. The number of methoxy groups -OCH3 is 1. The van der Waals surface area contributed by atoms with Gasteiger partial charge < -0.3 is 18.9 Å². The van der Waals surface area contributed by atoms with E-state index in [0.717, 1.165) is 26.3 Å². The topological polar surface area (TPSA) is 54.0 Å². The quantitative estimate of drug-likeness (QED) is 0.363. The van der Waals surface area contributed by atoms with E-state index in [-0.39, 0.29) is 18.3 Å². The van der Waals surface area contributed by atoms with Crippen molar-refractivity contribution in [2.24, 2.45) is 0 Å². The second kappa shape index (κ2) is 9.60. The highest BCUT2D eigenvalue weighted by Crippen LogP contribution is 2.45. The average Bonchev–Trinajstić information content (AvgIpc) is 3.06. The molecule has 2 aromatic carbocycles. The first-order valence-electron chi connectivity index (χ1n) is 10.5. The summed E-state index contributed by atoms with van der Waals surface area (Å²) in [7, 11) is 1.40. The molecule has 0 saturated heterocycles. The van der Waals surface area contributed by atoms with Gasteiger partial charge in [-0.25, -0.2) is 4.79 Å². The zero-order valence-electron chi connectivity index (χ0n) is 19.1. The summed E-state index contributed by atoms with van der Waals surface area (Å²) in [5, 5.41) is 0.749. The highest BCUT2D eigenvalue weighted by Gasteiger charge is 2.25. The molecule has 0 aliphatic carbocycles. The van der Waals surface area contributed by atoms with Gasteiger partial charge in [-0.15, -0.1) is 11.3 Å². The van der Waals surface area contributed by atoms with Crippen LogP contribution in [0.1, 0.15) is 51.9 Å². The van der Waals surface area contributed by atoms with Gasteiger partial charge in [0.2, 0.25) is 0 Å². The Labute approximate surface area is 187 Å². The van der Waals surface area contributed by atoms with Gasteiger partial charge in [0.1, 0.15) is 17.2 Å². The highest BCUT2D eigenvalue weighted by molar-refractivity contribution is 7.22. The van der Waals surface area contributed by atoms with Crippen molar-refractivity contribution in [2.45, 2.75) is 59.9 Å². The van der Waals surface area contributed by atoms with Crippen LogP contribution in [0.4, 0.5) is 0 Å². The molecule has 5 nitrogen and oxygen atoms in total. The van der Waals surface area contributed by atoms with Gasteiger partial charge in [0.05, 0.1) is 41.2 Å². The number of carbonyl (C=O) groups is 1. The number of fused-ring (bicyclic) bond motifs is 1. The predicted molar refractivity (Wildman–Crippen MR) is 126 cm³/mol. The van der Waals surface area contributed by atoms with Crippen molar-refractivity contribution < 1.29 is 23.7 Å². The number of carbonyl (C=O) groups excluding carboxylic acids is 1. The molecule has 0 amide bonds. The fourth-order valence-corrected chi connectivity index (χ4v) is 4.55. The summed E-state index contributed by atoms with van der Waals surface area (Å²) >= 11 is 1.52. The van der Waals surface area contributed by atoms with Crippen LogP contribution in [0.3, 0.4) is 0 Å². The third-order valence-corrected chi connectivity index (χ3v) is 5.53. The smallest absolute Gasteiger partial charge is 0.340 e. The molecule has 31 heavy (non-hydrogen) atoms. The van der Waals surface area contributed by atoms with Crippen molar-refractivity contribution in [3.63, 3.8) is 0 Å². The molecule has 6 heteroatoms. The summed E-state index contributed by atoms with van der Waals surface area (Å²) in [6.45, 7) is 11.9. The Hall–Kier alpha value is -2.73. The number of hydrogen-bond acceptors (Lipinski definition) is 6. The molecular formula is C25H30O5S. The largest absolute Gasteiger partial charge is 0.491 e. The Morgan fingerprint density at radius 2 is 1.39 bits per heavy atom. The van der Waals surface area contributed by atoms with Gasteiger partial charge in [0, 0.05) is 10.8 Å².